The number of rotatable bonds is 3. The lowest BCUT2D eigenvalue weighted by Gasteiger charge is -2.32. The Morgan fingerprint density at radius 2 is 1.95 bits per heavy atom. The van der Waals surface area contributed by atoms with Crippen molar-refractivity contribution < 1.29 is 4.74 Å². The maximum Gasteiger partial charge on any atom is 0.141 e. The quantitative estimate of drug-likeness (QED) is 0.740. The highest BCUT2D eigenvalue weighted by Crippen LogP contribution is 2.39. The van der Waals surface area contributed by atoms with Crippen molar-refractivity contribution in [3.63, 3.8) is 0 Å². The van der Waals surface area contributed by atoms with Crippen LogP contribution < -0.4 is 9.64 Å². The number of anilines is 1. The Balaban J connectivity index is 1.87. The highest BCUT2D eigenvalue weighted by molar-refractivity contribution is 7.17. The summed E-state index contributed by atoms with van der Waals surface area (Å²) in [5, 5.41) is 3.34. The zero-order chi connectivity index (χ0) is 14.2. The Morgan fingerprint density at radius 1 is 1.14 bits per heavy atom. The number of benzene rings is 1. The molecule has 0 spiro atoms. The molecule has 0 aliphatic carbocycles. The van der Waals surface area contributed by atoms with E-state index >= 15 is 0 Å². The average molecular weight is 297 g/mol. The van der Waals surface area contributed by atoms with E-state index in [1.54, 1.807) is 24.8 Å². The third-order valence-electron chi connectivity index (χ3n) is 3.91. The molecule has 1 aromatic carbocycles. The van der Waals surface area contributed by atoms with E-state index in [9.17, 15) is 0 Å². The van der Waals surface area contributed by atoms with Crippen molar-refractivity contribution in [2.45, 2.75) is 6.42 Å². The standard InChI is InChI=1S/C16H15N3OS/c1-20-12-5-3-11(4-6-12)13-9-21-16-14(13)15(17-10-18-16)19-7-2-8-19/h3-6,9-10H,2,7-8H2,1H3. The van der Waals surface area contributed by atoms with Crippen molar-refractivity contribution in [3.05, 3.63) is 36.0 Å². The van der Waals surface area contributed by atoms with Crippen molar-refractivity contribution in [1.82, 2.24) is 9.97 Å². The minimum absolute atomic E-state index is 0.873. The summed E-state index contributed by atoms with van der Waals surface area (Å²) >= 11 is 1.68. The van der Waals surface area contributed by atoms with E-state index in [-0.39, 0.29) is 0 Å². The van der Waals surface area contributed by atoms with E-state index in [0.29, 0.717) is 0 Å². The van der Waals surface area contributed by atoms with E-state index in [0.717, 1.165) is 29.5 Å². The fourth-order valence-electron chi connectivity index (χ4n) is 2.61. The first-order valence-corrected chi connectivity index (χ1v) is 7.86. The molecule has 4 rings (SSSR count). The molecule has 106 valence electrons. The van der Waals surface area contributed by atoms with E-state index < -0.39 is 0 Å². The lowest BCUT2D eigenvalue weighted by atomic mass is 10.0. The topological polar surface area (TPSA) is 38.3 Å². The molecule has 4 nitrogen and oxygen atoms in total. The van der Waals surface area contributed by atoms with Crippen LogP contribution in [-0.4, -0.2) is 30.2 Å². The lowest BCUT2D eigenvalue weighted by Crippen LogP contribution is -2.37. The van der Waals surface area contributed by atoms with Crippen LogP contribution in [-0.2, 0) is 0 Å². The zero-order valence-corrected chi connectivity index (χ0v) is 12.6. The van der Waals surface area contributed by atoms with Gasteiger partial charge >= 0.3 is 0 Å². The molecule has 0 bridgehead atoms. The number of fused-ring (bicyclic) bond motifs is 1. The lowest BCUT2D eigenvalue weighted by molar-refractivity contribution is 0.415. The molecule has 3 aromatic rings. The van der Waals surface area contributed by atoms with Gasteiger partial charge in [-0.3, -0.25) is 0 Å². The molecule has 0 amide bonds. The van der Waals surface area contributed by atoms with Gasteiger partial charge in [0.1, 0.15) is 22.7 Å². The van der Waals surface area contributed by atoms with Gasteiger partial charge in [-0.05, 0) is 24.1 Å². The van der Waals surface area contributed by atoms with Crippen LogP contribution in [0.5, 0.6) is 5.75 Å². The fourth-order valence-corrected chi connectivity index (χ4v) is 3.52. The Bertz CT molecular complexity index is 778. The van der Waals surface area contributed by atoms with Crippen molar-refractivity contribution in [2.75, 3.05) is 25.1 Å². The summed E-state index contributed by atoms with van der Waals surface area (Å²) in [6, 6.07) is 8.16. The third kappa shape index (κ3) is 2.05. The smallest absolute Gasteiger partial charge is 0.141 e. The number of hydrogen-bond donors (Lipinski definition) is 0. The Labute approximate surface area is 127 Å². The van der Waals surface area contributed by atoms with Crippen LogP contribution in [0.15, 0.2) is 36.0 Å². The van der Waals surface area contributed by atoms with E-state index in [4.69, 9.17) is 4.74 Å². The molecular formula is C16H15N3OS. The second-order valence-corrected chi connectivity index (χ2v) is 5.95. The molecule has 3 heterocycles. The van der Waals surface area contributed by atoms with Gasteiger partial charge in [-0.1, -0.05) is 12.1 Å². The van der Waals surface area contributed by atoms with Crippen molar-refractivity contribution >= 4 is 27.4 Å². The van der Waals surface area contributed by atoms with Gasteiger partial charge in [0, 0.05) is 24.0 Å². The second-order valence-electron chi connectivity index (χ2n) is 5.10. The fraction of sp³-hybridized carbons (Fsp3) is 0.250. The molecule has 0 saturated carbocycles. The molecule has 1 saturated heterocycles. The molecule has 1 aliphatic heterocycles. The van der Waals surface area contributed by atoms with Gasteiger partial charge in [0.25, 0.3) is 0 Å². The van der Waals surface area contributed by atoms with Crippen LogP contribution in [0.1, 0.15) is 6.42 Å². The van der Waals surface area contributed by atoms with E-state index in [1.807, 2.05) is 12.1 Å². The first-order valence-electron chi connectivity index (χ1n) is 6.98. The summed E-state index contributed by atoms with van der Waals surface area (Å²) in [5.74, 6) is 1.94. The summed E-state index contributed by atoms with van der Waals surface area (Å²) in [6.07, 6.45) is 2.91. The number of nitrogens with zero attached hydrogens (tertiary/aromatic N) is 3. The maximum atomic E-state index is 5.23. The third-order valence-corrected chi connectivity index (χ3v) is 4.79. The largest absolute Gasteiger partial charge is 0.497 e. The normalized spacial score (nSPS) is 14.2. The predicted molar refractivity (Wildman–Crippen MR) is 86.2 cm³/mol. The molecule has 0 N–H and O–H groups in total. The Hall–Kier alpha value is -2.14. The predicted octanol–water partition coefficient (Wildman–Crippen LogP) is 3.58. The zero-order valence-electron chi connectivity index (χ0n) is 11.7. The van der Waals surface area contributed by atoms with Crippen molar-refractivity contribution in [1.29, 1.82) is 0 Å². The average Bonchev–Trinajstić information content (AvgIpc) is 2.90. The molecule has 0 radical (unpaired) electrons. The number of hydrogen-bond acceptors (Lipinski definition) is 5. The summed E-state index contributed by atoms with van der Waals surface area (Å²) in [5.41, 5.74) is 2.39. The van der Waals surface area contributed by atoms with Gasteiger partial charge in [0.2, 0.25) is 0 Å². The number of thiophene rings is 1. The molecule has 1 aliphatic rings. The van der Waals surface area contributed by atoms with E-state index in [2.05, 4.69) is 32.4 Å². The SMILES string of the molecule is COc1ccc(-c2csc3ncnc(N4CCC4)c23)cc1. The first-order chi connectivity index (χ1) is 10.4. The van der Waals surface area contributed by atoms with Crippen LogP contribution >= 0.6 is 11.3 Å². The minimum Gasteiger partial charge on any atom is -0.497 e. The van der Waals surface area contributed by atoms with Crippen LogP contribution in [0.2, 0.25) is 0 Å². The summed E-state index contributed by atoms with van der Waals surface area (Å²) in [6.45, 7) is 2.17. The highest BCUT2D eigenvalue weighted by Gasteiger charge is 2.21. The summed E-state index contributed by atoms with van der Waals surface area (Å²) < 4.78 is 5.23. The van der Waals surface area contributed by atoms with Gasteiger partial charge in [0.05, 0.1) is 12.5 Å². The number of ether oxygens (including phenoxy) is 1. The van der Waals surface area contributed by atoms with Gasteiger partial charge in [-0.25, -0.2) is 9.97 Å². The van der Waals surface area contributed by atoms with Crippen LogP contribution in [0.4, 0.5) is 5.82 Å². The van der Waals surface area contributed by atoms with Gasteiger partial charge in [-0.15, -0.1) is 11.3 Å². The second kappa shape index (κ2) is 5.00. The molecular weight excluding hydrogens is 282 g/mol. The highest BCUT2D eigenvalue weighted by atomic mass is 32.1. The summed E-state index contributed by atoms with van der Waals surface area (Å²) in [4.78, 5) is 12.3. The number of methoxy groups -OCH3 is 1. The van der Waals surface area contributed by atoms with Crippen LogP contribution in [0.3, 0.4) is 0 Å². The van der Waals surface area contributed by atoms with Crippen LogP contribution in [0.25, 0.3) is 21.3 Å². The molecule has 2 aromatic heterocycles. The number of aromatic nitrogens is 2. The first kappa shape index (κ1) is 12.6. The van der Waals surface area contributed by atoms with Gasteiger partial charge in [0.15, 0.2) is 0 Å². The van der Waals surface area contributed by atoms with Crippen molar-refractivity contribution in [2.24, 2.45) is 0 Å². The van der Waals surface area contributed by atoms with Crippen LogP contribution in [0, 0.1) is 0 Å². The maximum absolute atomic E-state index is 5.23. The Kier molecular flexibility index (Phi) is 3.00. The minimum atomic E-state index is 0.873. The van der Waals surface area contributed by atoms with E-state index in [1.165, 1.54) is 22.9 Å². The van der Waals surface area contributed by atoms with Gasteiger partial charge in [-0.2, -0.15) is 0 Å². The molecule has 1 fully saturated rings. The molecule has 21 heavy (non-hydrogen) atoms. The molecule has 0 unspecified atom stereocenters. The monoisotopic (exact) mass is 297 g/mol. The Morgan fingerprint density at radius 3 is 2.62 bits per heavy atom. The van der Waals surface area contributed by atoms with Gasteiger partial charge < -0.3 is 9.64 Å². The molecule has 5 heteroatoms. The molecule has 0 atom stereocenters. The summed E-state index contributed by atoms with van der Waals surface area (Å²) in [7, 11) is 1.69. The van der Waals surface area contributed by atoms with Crippen molar-refractivity contribution in [3.8, 4) is 16.9 Å².